The Balaban J connectivity index is 1.79. The van der Waals surface area contributed by atoms with Gasteiger partial charge in [-0.1, -0.05) is 12.1 Å². The highest BCUT2D eigenvalue weighted by Crippen LogP contribution is 2.25. The average molecular weight is 319 g/mol. The van der Waals surface area contributed by atoms with Crippen LogP contribution in [-0.2, 0) is 7.05 Å². The van der Waals surface area contributed by atoms with Gasteiger partial charge in [0.2, 0.25) is 5.43 Å². The first-order chi connectivity index (χ1) is 11.6. The number of aromatic amines is 1. The zero-order valence-corrected chi connectivity index (χ0v) is 12.8. The Morgan fingerprint density at radius 1 is 1.17 bits per heavy atom. The van der Waals surface area contributed by atoms with Crippen molar-refractivity contribution in [3.63, 3.8) is 0 Å². The number of carbonyl (C=O) groups is 1. The number of para-hydroxylation sites is 1. The van der Waals surface area contributed by atoms with Crippen molar-refractivity contribution in [3.05, 3.63) is 70.8 Å². The summed E-state index contributed by atoms with van der Waals surface area (Å²) in [5.74, 6) is -0.296. The summed E-state index contributed by atoms with van der Waals surface area (Å²) in [6.45, 7) is 0. The van der Waals surface area contributed by atoms with Crippen molar-refractivity contribution < 1.29 is 9.53 Å². The molecule has 0 amide bonds. The van der Waals surface area contributed by atoms with Crippen molar-refractivity contribution in [2.75, 3.05) is 0 Å². The molecule has 24 heavy (non-hydrogen) atoms. The number of nitrogens with zero attached hydrogens (tertiary/aromatic N) is 2. The molecule has 4 aromatic rings. The van der Waals surface area contributed by atoms with E-state index in [0.29, 0.717) is 16.8 Å². The Labute approximate surface area is 136 Å². The zero-order valence-electron chi connectivity index (χ0n) is 12.8. The quantitative estimate of drug-likeness (QED) is 0.576. The molecule has 0 unspecified atom stereocenters. The van der Waals surface area contributed by atoms with Crippen LogP contribution in [0.5, 0.6) is 5.75 Å². The highest BCUT2D eigenvalue weighted by Gasteiger charge is 2.18. The molecule has 6 nitrogen and oxygen atoms in total. The van der Waals surface area contributed by atoms with E-state index >= 15 is 0 Å². The van der Waals surface area contributed by atoms with E-state index < -0.39 is 5.97 Å². The van der Waals surface area contributed by atoms with Gasteiger partial charge in [-0.25, -0.2) is 9.78 Å². The Morgan fingerprint density at radius 2 is 1.96 bits per heavy atom. The lowest BCUT2D eigenvalue weighted by Gasteiger charge is -2.07. The van der Waals surface area contributed by atoms with E-state index in [1.54, 1.807) is 36.1 Å². The normalized spacial score (nSPS) is 11.0. The summed E-state index contributed by atoms with van der Waals surface area (Å²) in [4.78, 5) is 32.2. The number of H-pyrrole nitrogens is 1. The number of pyridine rings is 2. The predicted octanol–water partition coefficient (Wildman–Crippen LogP) is 2.63. The molecule has 0 radical (unpaired) electrons. The van der Waals surface area contributed by atoms with E-state index in [-0.39, 0.29) is 11.0 Å². The summed E-state index contributed by atoms with van der Waals surface area (Å²) < 4.78 is 7.08. The van der Waals surface area contributed by atoms with Crippen LogP contribution in [0.25, 0.3) is 21.9 Å². The molecule has 1 N–H and O–H groups in total. The Morgan fingerprint density at radius 3 is 2.83 bits per heavy atom. The van der Waals surface area contributed by atoms with Crippen molar-refractivity contribution in [1.29, 1.82) is 0 Å². The summed E-state index contributed by atoms with van der Waals surface area (Å²) in [6, 6.07) is 10.8. The van der Waals surface area contributed by atoms with Crippen LogP contribution in [-0.4, -0.2) is 20.5 Å². The third-order valence-corrected chi connectivity index (χ3v) is 3.91. The van der Waals surface area contributed by atoms with E-state index in [1.165, 1.54) is 6.20 Å². The zero-order chi connectivity index (χ0) is 16.7. The molecule has 3 aromatic heterocycles. The van der Waals surface area contributed by atoms with Gasteiger partial charge in [-0.3, -0.25) is 4.79 Å². The number of hydrogen-bond acceptors (Lipinski definition) is 4. The van der Waals surface area contributed by atoms with E-state index in [4.69, 9.17) is 4.74 Å². The number of aryl methyl sites for hydroxylation is 1. The molecule has 4 rings (SSSR count). The second-order valence-corrected chi connectivity index (χ2v) is 5.45. The SMILES string of the molecule is Cn1cc(C(=O)Oc2c[nH]c3ccccc23)c(=O)c2cccnc21. The van der Waals surface area contributed by atoms with Gasteiger partial charge in [0, 0.05) is 36.5 Å². The van der Waals surface area contributed by atoms with Gasteiger partial charge in [0.15, 0.2) is 5.75 Å². The molecule has 0 aliphatic carbocycles. The molecule has 0 atom stereocenters. The van der Waals surface area contributed by atoms with Crippen LogP contribution in [0.1, 0.15) is 10.4 Å². The van der Waals surface area contributed by atoms with Gasteiger partial charge in [0.1, 0.15) is 11.2 Å². The molecule has 6 heteroatoms. The minimum Gasteiger partial charge on any atom is -0.420 e. The number of hydrogen-bond donors (Lipinski definition) is 1. The fourth-order valence-electron chi connectivity index (χ4n) is 2.74. The van der Waals surface area contributed by atoms with Crippen LogP contribution in [0.3, 0.4) is 0 Å². The summed E-state index contributed by atoms with van der Waals surface area (Å²) >= 11 is 0. The Kier molecular flexibility index (Phi) is 3.16. The molecule has 3 heterocycles. The predicted molar refractivity (Wildman–Crippen MR) is 90.2 cm³/mol. The van der Waals surface area contributed by atoms with Gasteiger partial charge in [-0.05, 0) is 24.3 Å². The third kappa shape index (κ3) is 2.16. The topological polar surface area (TPSA) is 77.0 Å². The second-order valence-electron chi connectivity index (χ2n) is 5.45. The van der Waals surface area contributed by atoms with Gasteiger partial charge < -0.3 is 14.3 Å². The lowest BCUT2D eigenvalue weighted by molar-refractivity contribution is 0.0735. The minimum absolute atomic E-state index is 0.0247. The van der Waals surface area contributed by atoms with Gasteiger partial charge in [-0.2, -0.15) is 0 Å². The van der Waals surface area contributed by atoms with Gasteiger partial charge >= 0.3 is 5.97 Å². The van der Waals surface area contributed by atoms with Crippen LogP contribution >= 0.6 is 0 Å². The average Bonchev–Trinajstić information content (AvgIpc) is 3.01. The van der Waals surface area contributed by atoms with Gasteiger partial charge in [-0.15, -0.1) is 0 Å². The molecular weight excluding hydrogens is 306 g/mol. The molecule has 0 bridgehead atoms. The number of ether oxygens (including phenoxy) is 1. The summed E-state index contributed by atoms with van der Waals surface area (Å²) in [7, 11) is 1.73. The number of rotatable bonds is 2. The molecule has 0 aliphatic heterocycles. The summed E-state index contributed by atoms with van der Waals surface area (Å²) in [5.41, 5.74) is 0.964. The number of nitrogens with one attached hydrogen (secondary N) is 1. The van der Waals surface area contributed by atoms with Crippen molar-refractivity contribution in [2.24, 2.45) is 7.05 Å². The van der Waals surface area contributed by atoms with Crippen LogP contribution in [0.4, 0.5) is 0 Å². The number of benzene rings is 1. The second kappa shape index (κ2) is 5.34. The number of aromatic nitrogens is 3. The number of carbonyl (C=O) groups excluding carboxylic acids is 1. The first-order valence-electron chi connectivity index (χ1n) is 7.38. The molecule has 0 aliphatic rings. The number of fused-ring (bicyclic) bond motifs is 2. The van der Waals surface area contributed by atoms with E-state index in [0.717, 1.165) is 10.9 Å². The fourth-order valence-corrected chi connectivity index (χ4v) is 2.74. The summed E-state index contributed by atoms with van der Waals surface area (Å²) in [5, 5.41) is 1.17. The largest absolute Gasteiger partial charge is 0.420 e. The fraction of sp³-hybridized carbons (Fsp3) is 0.0556. The molecule has 0 saturated heterocycles. The third-order valence-electron chi connectivity index (χ3n) is 3.91. The van der Waals surface area contributed by atoms with Crippen molar-refractivity contribution in [1.82, 2.24) is 14.5 Å². The Bertz CT molecular complexity index is 1140. The lowest BCUT2D eigenvalue weighted by Crippen LogP contribution is -2.22. The van der Waals surface area contributed by atoms with Crippen molar-refractivity contribution in [2.45, 2.75) is 0 Å². The maximum Gasteiger partial charge on any atom is 0.349 e. The Hall–Kier alpha value is -3.41. The first-order valence-corrected chi connectivity index (χ1v) is 7.38. The van der Waals surface area contributed by atoms with Crippen LogP contribution in [0.2, 0.25) is 0 Å². The summed E-state index contributed by atoms with van der Waals surface area (Å²) in [6.07, 6.45) is 4.66. The molecule has 118 valence electrons. The smallest absolute Gasteiger partial charge is 0.349 e. The van der Waals surface area contributed by atoms with Crippen molar-refractivity contribution >= 4 is 27.9 Å². The van der Waals surface area contributed by atoms with Crippen LogP contribution < -0.4 is 10.2 Å². The molecule has 0 saturated carbocycles. The van der Waals surface area contributed by atoms with Gasteiger partial charge in [0.05, 0.1) is 5.39 Å². The molecule has 0 spiro atoms. The van der Waals surface area contributed by atoms with Gasteiger partial charge in [0.25, 0.3) is 0 Å². The number of esters is 1. The van der Waals surface area contributed by atoms with Crippen molar-refractivity contribution in [3.8, 4) is 5.75 Å². The highest BCUT2D eigenvalue weighted by atomic mass is 16.5. The molecule has 1 aromatic carbocycles. The lowest BCUT2D eigenvalue weighted by atomic mass is 10.2. The van der Waals surface area contributed by atoms with E-state index in [1.807, 2.05) is 24.3 Å². The molecular formula is C18H13N3O3. The van der Waals surface area contributed by atoms with Crippen LogP contribution in [0.15, 0.2) is 59.8 Å². The first kappa shape index (κ1) is 14.2. The van der Waals surface area contributed by atoms with Crippen LogP contribution in [0, 0.1) is 0 Å². The molecule has 0 fully saturated rings. The highest BCUT2D eigenvalue weighted by molar-refractivity contribution is 5.96. The minimum atomic E-state index is -0.689. The van der Waals surface area contributed by atoms with E-state index in [2.05, 4.69) is 9.97 Å². The standard InChI is InChI=1S/C18H13N3O3/c1-21-10-13(16(22)12-6-4-8-19-17(12)21)18(23)24-15-9-20-14-7-3-2-5-11(14)15/h2-10,20H,1H3. The monoisotopic (exact) mass is 319 g/mol. The maximum absolute atomic E-state index is 12.6. The van der Waals surface area contributed by atoms with E-state index in [9.17, 15) is 9.59 Å². The maximum atomic E-state index is 12.6.